The molecule has 1 heterocycles. The Kier molecular flexibility index (Phi) is 3.15. The first kappa shape index (κ1) is 11.0. The van der Waals surface area contributed by atoms with E-state index in [9.17, 15) is 0 Å². The number of rotatable bonds is 4. The predicted octanol–water partition coefficient (Wildman–Crippen LogP) is 2.86. The van der Waals surface area contributed by atoms with E-state index in [0.717, 1.165) is 35.6 Å². The van der Waals surface area contributed by atoms with Gasteiger partial charge in [0.2, 0.25) is 0 Å². The fraction of sp³-hybridized carbons (Fsp3) is 0.385. The monoisotopic (exact) mass is 219 g/mol. The summed E-state index contributed by atoms with van der Waals surface area (Å²) in [5.41, 5.74) is 2.10. The number of aryl methyl sites for hydroxylation is 1. The zero-order valence-electron chi connectivity index (χ0n) is 9.96. The van der Waals surface area contributed by atoms with Crippen molar-refractivity contribution in [2.45, 2.75) is 20.4 Å². The molecule has 3 nitrogen and oxygen atoms in total. The maximum absolute atomic E-state index is 5.80. The molecule has 2 rings (SSSR count). The molecular formula is C13H17NO2. The molecule has 0 bridgehead atoms. The highest BCUT2D eigenvalue weighted by Crippen LogP contribution is 2.28. The lowest BCUT2D eigenvalue weighted by atomic mass is 10.1. The molecule has 0 spiro atoms. The van der Waals surface area contributed by atoms with Gasteiger partial charge in [0.25, 0.3) is 0 Å². The molecule has 86 valence electrons. The van der Waals surface area contributed by atoms with Crippen LogP contribution in [0.2, 0.25) is 0 Å². The minimum absolute atomic E-state index is 0.777. The molecular weight excluding hydrogens is 202 g/mol. The van der Waals surface area contributed by atoms with Gasteiger partial charge in [-0.15, -0.1) is 0 Å². The number of fused-ring (bicyclic) bond motifs is 1. The zero-order chi connectivity index (χ0) is 11.5. The van der Waals surface area contributed by atoms with Crippen molar-refractivity contribution in [1.82, 2.24) is 5.32 Å². The van der Waals surface area contributed by atoms with Crippen LogP contribution in [0, 0.1) is 6.92 Å². The summed E-state index contributed by atoms with van der Waals surface area (Å²) in [6.07, 6.45) is 0. The number of methoxy groups -OCH3 is 1. The highest BCUT2D eigenvalue weighted by Gasteiger charge is 2.10. The van der Waals surface area contributed by atoms with E-state index in [0.29, 0.717) is 0 Å². The molecule has 0 atom stereocenters. The summed E-state index contributed by atoms with van der Waals surface area (Å²) in [7, 11) is 1.66. The third-order valence-electron chi connectivity index (χ3n) is 2.78. The van der Waals surface area contributed by atoms with Crippen molar-refractivity contribution in [2.75, 3.05) is 13.7 Å². The second kappa shape index (κ2) is 4.58. The van der Waals surface area contributed by atoms with Crippen molar-refractivity contribution < 1.29 is 9.15 Å². The Bertz CT molecular complexity index is 488. The molecule has 0 unspecified atom stereocenters. The van der Waals surface area contributed by atoms with Gasteiger partial charge in [-0.1, -0.05) is 6.92 Å². The molecule has 0 amide bonds. The number of hydrogen-bond donors (Lipinski definition) is 1. The van der Waals surface area contributed by atoms with E-state index in [1.54, 1.807) is 7.11 Å². The van der Waals surface area contributed by atoms with E-state index >= 15 is 0 Å². The Labute approximate surface area is 95.4 Å². The molecule has 0 radical (unpaired) electrons. The molecule has 0 fully saturated rings. The molecule has 1 aromatic carbocycles. The minimum atomic E-state index is 0.777. The molecule has 1 N–H and O–H groups in total. The Morgan fingerprint density at radius 2 is 2.19 bits per heavy atom. The Morgan fingerprint density at radius 1 is 1.38 bits per heavy atom. The van der Waals surface area contributed by atoms with Gasteiger partial charge in [0.1, 0.15) is 17.1 Å². The highest BCUT2D eigenvalue weighted by molar-refractivity contribution is 5.83. The lowest BCUT2D eigenvalue weighted by Crippen LogP contribution is -2.11. The van der Waals surface area contributed by atoms with Gasteiger partial charge in [0.15, 0.2) is 0 Å². The average Bonchev–Trinajstić information content (AvgIpc) is 2.63. The van der Waals surface area contributed by atoms with Crippen molar-refractivity contribution >= 4 is 11.0 Å². The van der Waals surface area contributed by atoms with Crippen LogP contribution in [0.3, 0.4) is 0 Å². The van der Waals surface area contributed by atoms with E-state index in [4.69, 9.17) is 9.15 Å². The van der Waals surface area contributed by atoms with Crippen LogP contribution in [0.15, 0.2) is 22.6 Å². The second-order valence-corrected chi connectivity index (χ2v) is 3.79. The summed E-state index contributed by atoms with van der Waals surface area (Å²) in [6.45, 7) is 5.89. The van der Waals surface area contributed by atoms with Crippen LogP contribution in [0.5, 0.6) is 5.75 Å². The first-order chi connectivity index (χ1) is 7.76. The predicted molar refractivity (Wildman–Crippen MR) is 64.9 cm³/mol. The molecule has 2 aromatic rings. The van der Waals surface area contributed by atoms with Crippen LogP contribution in [-0.2, 0) is 6.54 Å². The van der Waals surface area contributed by atoms with Crippen molar-refractivity contribution in [3.63, 3.8) is 0 Å². The molecule has 0 saturated heterocycles. The number of furan rings is 1. The largest absolute Gasteiger partial charge is 0.497 e. The van der Waals surface area contributed by atoms with Gasteiger partial charge in [-0.2, -0.15) is 0 Å². The summed E-state index contributed by atoms with van der Waals surface area (Å²) in [5.74, 6) is 1.83. The lowest BCUT2D eigenvalue weighted by molar-refractivity contribution is 0.414. The van der Waals surface area contributed by atoms with Crippen LogP contribution in [-0.4, -0.2) is 13.7 Å². The normalized spacial score (nSPS) is 10.9. The van der Waals surface area contributed by atoms with Gasteiger partial charge < -0.3 is 14.5 Å². The van der Waals surface area contributed by atoms with Crippen LogP contribution in [0.25, 0.3) is 11.0 Å². The zero-order valence-corrected chi connectivity index (χ0v) is 9.96. The maximum atomic E-state index is 5.80. The fourth-order valence-corrected chi connectivity index (χ4v) is 1.79. The lowest BCUT2D eigenvalue weighted by Gasteiger charge is -1.97. The van der Waals surface area contributed by atoms with Gasteiger partial charge in [0, 0.05) is 11.5 Å². The van der Waals surface area contributed by atoms with Crippen LogP contribution >= 0.6 is 0 Å². The number of nitrogens with one attached hydrogen (secondary N) is 1. The van der Waals surface area contributed by atoms with Crippen molar-refractivity contribution in [2.24, 2.45) is 0 Å². The summed E-state index contributed by atoms with van der Waals surface area (Å²) >= 11 is 0. The SMILES string of the molecule is CCNCc1oc2cc(OC)ccc2c1C. The summed E-state index contributed by atoms with van der Waals surface area (Å²) in [5, 5.41) is 4.43. The smallest absolute Gasteiger partial charge is 0.138 e. The highest BCUT2D eigenvalue weighted by atomic mass is 16.5. The minimum Gasteiger partial charge on any atom is -0.497 e. The summed E-state index contributed by atoms with van der Waals surface area (Å²) < 4.78 is 11.0. The van der Waals surface area contributed by atoms with E-state index < -0.39 is 0 Å². The Balaban J connectivity index is 2.41. The maximum Gasteiger partial charge on any atom is 0.138 e. The molecule has 0 aliphatic rings. The summed E-state index contributed by atoms with van der Waals surface area (Å²) in [6, 6.07) is 5.93. The quantitative estimate of drug-likeness (QED) is 0.858. The summed E-state index contributed by atoms with van der Waals surface area (Å²) in [4.78, 5) is 0. The Morgan fingerprint density at radius 3 is 2.88 bits per heavy atom. The van der Waals surface area contributed by atoms with Crippen molar-refractivity contribution in [1.29, 1.82) is 0 Å². The fourth-order valence-electron chi connectivity index (χ4n) is 1.79. The Hall–Kier alpha value is -1.48. The van der Waals surface area contributed by atoms with E-state index in [1.807, 2.05) is 18.2 Å². The molecule has 0 saturated carbocycles. The molecule has 0 aliphatic carbocycles. The first-order valence-corrected chi connectivity index (χ1v) is 5.53. The van der Waals surface area contributed by atoms with Crippen molar-refractivity contribution in [3.05, 3.63) is 29.5 Å². The van der Waals surface area contributed by atoms with Crippen molar-refractivity contribution in [3.8, 4) is 5.75 Å². The number of benzene rings is 1. The molecule has 1 aromatic heterocycles. The van der Waals surface area contributed by atoms with Crippen LogP contribution in [0.4, 0.5) is 0 Å². The van der Waals surface area contributed by atoms with Gasteiger partial charge in [-0.3, -0.25) is 0 Å². The number of ether oxygens (including phenoxy) is 1. The van der Waals surface area contributed by atoms with Crippen LogP contribution in [0.1, 0.15) is 18.2 Å². The topological polar surface area (TPSA) is 34.4 Å². The first-order valence-electron chi connectivity index (χ1n) is 5.53. The van der Waals surface area contributed by atoms with E-state index in [2.05, 4.69) is 19.2 Å². The van der Waals surface area contributed by atoms with Crippen LogP contribution < -0.4 is 10.1 Å². The van der Waals surface area contributed by atoms with E-state index in [-0.39, 0.29) is 0 Å². The molecule has 0 aliphatic heterocycles. The van der Waals surface area contributed by atoms with Gasteiger partial charge in [-0.05, 0) is 31.2 Å². The van der Waals surface area contributed by atoms with Gasteiger partial charge >= 0.3 is 0 Å². The molecule has 3 heteroatoms. The molecule has 16 heavy (non-hydrogen) atoms. The third kappa shape index (κ3) is 1.91. The average molecular weight is 219 g/mol. The van der Waals surface area contributed by atoms with E-state index in [1.165, 1.54) is 5.56 Å². The van der Waals surface area contributed by atoms with Gasteiger partial charge in [0.05, 0.1) is 13.7 Å². The second-order valence-electron chi connectivity index (χ2n) is 3.79. The third-order valence-corrected chi connectivity index (χ3v) is 2.78. The standard InChI is InChI=1S/C13H17NO2/c1-4-14-8-13-9(2)11-6-5-10(15-3)7-12(11)16-13/h5-7,14H,4,8H2,1-3H3. The van der Waals surface area contributed by atoms with Gasteiger partial charge in [-0.25, -0.2) is 0 Å². The number of hydrogen-bond acceptors (Lipinski definition) is 3.